The number of carbonyl (C=O) groups excluding carboxylic acids is 1. The number of piperidine rings is 1. The molecule has 1 aromatic rings. The van der Waals surface area contributed by atoms with Crippen molar-refractivity contribution >= 4 is 17.7 Å². The van der Waals surface area contributed by atoms with E-state index in [1.807, 2.05) is 20.1 Å². The van der Waals surface area contributed by atoms with Gasteiger partial charge in [0.25, 0.3) is 0 Å². The zero-order chi connectivity index (χ0) is 16.1. The third-order valence-electron chi connectivity index (χ3n) is 4.11. The first kappa shape index (κ1) is 17.3. The highest BCUT2D eigenvalue weighted by Gasteiger charge is 2.29. The van der Waals surface area contributed by atoms with Crippen LogP contribution in [0.3, 0.4) is 0 Å². The van der Waals surface area contributed by atoms with Crippen LogP contribution in [-0.4, -0.2) is 58.3 Å². The number of nitrogens with one attached hydrogen (secondary N) is 1. The summed E-state index contributed by atoms with van der Waals surface area (Å²) in [4.78, 5) is 14.0. The number of amides is 1. The van der Waals surface area contributed by atoms with E-state index in [9.17, 15) is 9.90 Å². The maximum absolute atomic E-state index is 11.8. The van der Waals surface area contributed by atoms with E-state index in [2.05, 4.69) is 15.4 Å². The van der Waals surface area contributed by atoms with Crippen LogP contribution in [0.4, 0.5) is 0 Å². The Morgan fingerprint density at radius 2 is 2.32 bits per heavy atom. The van der Waals surface area contributed by atoms with Gasteiger partial charge in [-0.2, -0.15) is 11.8 Å². The summed E-state index contributed by atoms with van der Waals surface area (Å²) in [5.74, 6) is 1.67. The number of β-amino-alcohol motifs (C(OH)–C–C–N with tert-alkyl or cyclic N) is 1. The number of thioether (sulfide) groups is 1. The third-order valence-corrected chi connectivity index (χ3v) is 4.72. The van der Waals surface area contributed by atoms with E-state index in [4.69, 9.17) is 4.52 Å². The van der Waals surface area contributed by atoms with Crippen LogP contribution in [0, 0.1) is 13.8 Å². The number of nitrogens with zero attached hydrogens (tertiary/aromatic N) is 2. The summed E-state index contributed by atoms with van der Waals surface area (Å²) in [5.41, 5.74) is 1.99. The van der Waals surface area contributed by atoms with Crippen LogP contribution in [0.25, 0.3) is 0 Å². The van der Waals surface area contributed by atoms with Crippen molar-refractivity contribution in [3.8, 4) is 0 Å². The molecule has 1 amide bonds. The minimum atomic E-state index is -0.535. The molecule has 0 bridgehead atoms. The van der Waals surface area contributed by atoms with Crippen LogP contribution in [-0.2, 0) is 11.3 Å². The van der Waals surface area contributed by atoms with E-state index < -0.39 is 6.10 Å². The Hall–Kier alpha value is -1.05. The summed E-state index contributed by atoms with van der Waals surface area (Å²) in [7, 11) is 0. The molecule has 0 radical (unpaired) electrons. The summed E-state index contributed by atoms with van der Waals surface area (Å²) in [5, 5.41) is 17.2. The van der Waals surface area contributed by atoms with Gasteiger partial charge in [0.15, 0.2) is 0 Å². The Morgan fingerprint density at radius 3 is 2.91 bits per heavy atom. The molecule has 0 unspecified atom stereocenters. The number of aryl methyl sites for hydroxylation is 2. The average molecular weight is 327 g/mol. The fraction of sp³-hybridized carbons (Fsp3) is 0.733. The maximum atomic E-state index is 11.8. The van der Waals surface area contributed by atoms with Crippen LogP contribution >= 0.6 is 11.8 Å². The fourth-order valence-corrected chi connectivity index (χ4v) is 3.12. The zero-order valence-electron chi connectivity index (χ0n) is 13.5. The molecular formula is C15H25N3O3S. The molecule has 2 heterocycles. The fourth-order valence-electron chi connectivity index (χ4n) is 2.73. The van der Waals surface area contributed by atoms with Crippen LogP contribution in [0.15, 0.2) is 4.52 Å². The quantitative estimate of drug-likeness (QED) is 0.814. The monoisotopic (exact) mass is 327 g/mol. The Morgan fingerprint density at radius 1 is 1.55 bits per heavy atom. The molecule has 0 aliphatic carbocycles. The number of hydrogen-bond donors (Lipinski definition) is 2. The lowest BCUT2D eigenvalue weighted by atomic mass is 10.0. The van der Waals surface area contributed by atoms with Gasteiger partial charge in [-0.3, -0.25) is 9.69 Å². The first-order chi connectivity index (χ1) is 10.5. The second-order valence-corrected chi connectivity index (χ2v) is 6.80. The average Bonchev–Trinajstić information content (AvgIpc) is 2.80. The number of carbonyl (C=O) groups is 1. The van der Waals surface area contributed by atoms with Crippen LogP contribution < -0.4 is 5.32 Å². The third kappa shape index (κ3) is 4.47. The summed E-state index contributed by atoms with van der Waals surface area (Å²) >= 11 is 1.65. The van der Waals surface area contributed by atoms with Crippen molar-refractivity contribution in [2.24, 2.45) is 0 Å². The lowest BCUT2D eigenvalue weighted by Crippen LogP contribution is -2.53. The smallest absolute Gasteiger partial charge is 0.221 e. The van der Waals surface area contributed by atoms with Gasteiger partial charge in [0.05, 0.1) is 17.8 Å². The molecule has 22 heavy (non-hydrogen) atoms. The standard InChI is InChI=1S/C15H25N3O3S/c1-10-12(11(2)21-17-10)8-18-6-4-13(14(19)9-18)16-15(20)5-7-22-3/h13-14,19H,4-9H2,1-3H3,(H,16,20)/t13-,14-/m1/s1. The Kier molecular flexibility index (Phi) is 6.28. The second-order valence-electron chi connectivity index (χ2n) is 5.81. The van der Waals surface area contributed by atoms with Gasteiger partial charge < -0.3 is 14.9 Å². The van der Waals surface area contributed by atoms with Crippen molar-refractivity contribution in [3.63, 3.8) is 0 Å². The van der Waals surface area contributed by atoms with Crippen molar-refractivity contribution in [1.29, 1.82) is 0 Å². The summed E-state index contributed by atoms with van der Waals surface area (Å²) < 4.78 is 5.18. The molecule has 1 aromatic heterocycles. The van der Waals surface area contributed by atoms with Crippen molar-refractivity contribution in [2.75, 3.05) is 25.1 Å². The molecule has 1 aliphatic heterocycles. The molecule has 0 aromatic carbocycles. The number of rotatable bonds is 6. The first-order valence-corrected chi connectivity index (χ1v) is 9.01. The largest absolute Gasteiger partial charge is 0.390 e. The molecule has 2 N–H and O–H groups in total. The van der Waals surface area contributed by atoms with Gasteiger partial charge in [-0.1, -0.05) is 5.16 Å². The molecule has 1 fully saturated rings. The van der Waals surface area contributed by atoms with Gasteiger partial charge in [-0.25, -0.2) is 0 Å². The van der Waals surface area contributed by atoms with Crippen molar-refractivity contribution in [2.45, 2.75) is 45.4 Å². The molecule has 1 saturated heterocycles. The number of hydrogen-bond acceptors (Lipinski definition) is 6. The molecule has 124 valence electrons. The van der Waals surface area contributed by atoms with Gasteiger partial charge in [-0.15, -0.1) is 0 Å². The van der Waals surface area contributed by atoms with Crippen LogP contribution in [0.5, 0.6) is 0 Å². The van der Waals surface area contributed by atoms with Gasteiger partial charge >= 0.3 is 0 Å². The van der Waals surface area contributed by atoms with E-state index in [0.29, 0.717) is 13.0 Å². The topological polar surface area (TPSA) is 78.6 Å². The van der Waals surface area contributed by atoms with Gasteiger partial charge in [-0.05, 0) is 26.5 Å². The van der Waals surface area contributed by atoms with Crippen molar-refractivity contribution < 1.29 is 14.4 Å². The highest BCUT2D eigenvalue weighted by Crippen LogP contribution is 2.19. The predicted octanol–water partition coefficient (Wildman–Crippen LogP) is 1.10. The number of aliphatic hydroxyl groups is 1. The van der Waals surface area contributed by atoms with E-state index in [1.165, 1.54) is 0 Å². The predicted molar refractivity (Wildman–Crippen MR) is 86.8 cm³/mol. The number of aliphatic hydroxyl groups excluding tert-OH is 1. The van der Waals surface area contributed by atoms with Crippen LogP contribution in [0.1, 0.15) is 29.9 Å². The second kappa shape index (κ2) is 7.99. The number of likely N-dealkylation sites (tertiary alicyclic amines) is 1. The minimum Gasteiger partial charge on any atom is -0.390 e. The summed E-state index contributed by atoms with van der Waals surface area (Å²) in [6.07, 6.45) is 2.71. The summed E-state index contributed by atoms with van der Waals surface area (Å²) in [6.45, 7) is 5.96. The Labute approximate surface area is 135 Å². The molecule has 1 aliphatic rings. The van der Waals surface area contributed by atoms with E-state index >= 15 is 0 Å². The number of aromatic nitrogens is 1. The maximum Gasteiger partial charge on any atom is 0.221 e. The molecular weight excluding hydrogens is 302 g/mol. The lowest BCUT2D eigenvalue weighted by Gasteiger charge is -2.36. The SMILES string of the molecule is CSCCC(=O)N[C@@H]1CCN(Cc2c(C)noc2C)C[C@H]1O. The normalized spacial score (nSPS) is 22.7. The Balaban J connectivity index is 1.83. The Bertz CT molecular complexity index is 487. The zero-order valence-corrected chi connectivity index (χ0v) is 14.3. The molecule has 6 nitrogen and oxygen atoms in total. The van der Waals surface area contributed by atoms with E-state index in [-0.39, 0.29) is 11.9 Å². The van der Waals surface area contributed by atoms with Crippen LogP contribution in [0.2, 0.25) is 0 Å². The molecule has 0 spiro atoms. The van der Waals surface area contributed by atoms with Gasteiger partial charge in [0.1, 0.15) is 5.76 Å². The van der Waals surface area contributed by atoms with Gasteiger partial charge in [0.2, 0.25) is 5.91 Å². The summed E-state index contributed by atoms with van der Waals surface area (Å²) in [6, 6.07) is -0.143. The van der Waals surface area contributed by atoms with Crippen molar-refractivity contribution in [1.82, 2.24) is 15.4 Å². The lowest BCUT2D eigenvalue weighted by molar-refractivity contribution is -0.123. The molecule has 7 heteroatoms. The highest BCUT2D eigenvalue weighted by atomic mass is 32.2. The van der Waals surface area contributed by atoms with E-state index in [0.717, 1.165) is 42.3 Å². The van der Waals surface area contributed by atoms with Crippen molar-refractivity contribution in [3.05, 3.63) is 17.0 Å². The molecule has 2 atom stereocenters. The highest BCUT2D eigenvalue weighted by molar-refractivity contribution is 7.98. The molecule has 2 rings (SSSR count). The van der Waals surface area contributed by atoms with E-state index in [1.54, 1.807) is 11.8 Å². The minimum absolute atomic E-state index is 0.0255. The molecule has 0 saturated carbocycles. The van der Waals surface area contributed by atoms with Gasteiger partial charge in [0, 0.05) is 37.4 Å². The first-order valence-electron chi connectivity index (χ1n) is 7.61.